The fraction of sp³-hybridized carbons (Fsp3) is 0.333. The van der Waals surface area contributed by atoms with Crippen molar-refractivity contribution in [1.82, 2.24) is 10.3 Å². The van der Waals surface area contributed by atoms with Crippen LogP contribution in [-0.2, 0) is 14.3 Å². The topological polar surface area (TPSA) is 60.5 Å². The van der Waals surface area contributed by atoms with Crippen LogP contribution >= 0.6 is 11.8 Å². The summed E-state index contributed by atoms with van der Waals surface area (Å²) in [4.78, 5) is 16.8. The molecule has 0 atom stereocenters. The highest BCUT2D eigenvalue weighted by Crippen LogP contribution is 2.43. The lowest BCUT2D eigenvalue weighted by atomic mass is 10.2. The zero-order chi connectivity index (χ0) is 13.2. The van der Waals surface area contributed by atoms with Crippen molar-refractivity contribution >= 4 is 22.6 Å². The van der Waals surface area contributed by atoms with Crippen molar-refractivity contribution in [2.75, 3.05) is 14.2 Å². The number of pyridine rings is 1. The number of amides is 1. The monoisotopic (exact) mass is 266 g/mol. The second kappa shape index (κ2) is 5.09. The summed E-state index contributed by atoms with van der Waals surface area (Å²) in [6.45, 7) is 1.84. The van der Waals surface area contributed by atoms with Gasteiger partial charge in [0.25, 0.3) is 5.91 Å². The summed E-state index contributed by atoms with van der Waals surface area (Å²) in [6, 6.07) is 3.75. The molecule has 0 saturated heterocycles. The molecule has 1 amide bonds. The second-order valence-corrected chi connectivity index (χ2v) is 4.86. The largest absolute Gasteiger partial charge is 0.337 e. The summed E-state index contributed by atoms with van der Waals surface area (Å²) < 4.78 is 10.4. The zero-order valence-corrected chi connectivity index (χ0v) is 11.2. The summed E-state index contributed by atoms with van der Waals surface area (Å²) >= 11 is 1.24. The molecule has 1 aliphatic heterocycles. The highest BCUT2D eigenvalue weighted by Gasteiger charge is 2.45. The third-order valence-electron chi connectivity index (χ3n) is 2.64. The molecule has 2 heterocycles. The Hall–Kier alpha value is -1.37. The minimum Gasteiger partial charge on any atom is -0.337 e. The minimum atomic E-state index is -1.34. The number of hydrogen-bond acceptors (Lipinski definition) is 5. The van der Waals surface area contributed by atoms with Gasteiger partial charge in [0.1, 0.15) is 0 Å². The van der Waals surface area contributed by atoms with E-state index in [4.69, 9.17) is 9.47 Å². The molecule has 0 fully saturated rings. The van der Waals surface area contributed by atoms with Gasteiger partial charge in [0.15, 0.2) is 0 Å². The van der Waals surface area contributed by atoms with Crippen LogP contribution in [0.3, 0.4) is 0 Å². The van der Waals surface area contributed by atoms with Crippen LogP contribution in [0.1, 0.15) is 12.5 Å². The molecular weight excluding hydrogens is 252 g/mol. The quantitative estimate of drug-likeness (QED) is 0.842. The third kappa shape index (κ3) is 2.14. The molecule has 2 rings (SSSR count). The molecule has 0 spiro atoms. The van der Waals surface area contributed by atoms with Crippen molar-refractivity contribution in [3.63, 3.8) is 0 Å². The van der Waals surface area contributed by atoms with E-state index in [0.717, 1.165) is 16.2 Å². The van der Waals surface area contributed by atoms with Crippen molar-refractivity contribution in [3.8, 4) is 0 Å². The van der Waals surface area contributed by atoms with E-state index in [1.807, 2.05) is 19.1 Å². The molecule has 0 radical (unpaired) electrons. The molecule has 5 nitrogen and oxygen atoms in total. The van der Waals surface area contributed by atoms with Gasteiger partial charge in [0, 0.05) is 37.2 Å². The van der Waals surface area contributed by atoms with Crippen molar-refractivity contribution in [3.05, 3.63) is 35.8 Å². The first-order chi connectivity index (χ1) is 8.63. The minimum absolute atomic E-state index is 0.312. The fourth-order valence-electron chi connectivity index (χ4n) is 1.69. The molecule has 0 aliphatic carbocycles. The van der Waals surface area contributed by atoms with E-state index in [1.54, 1.807) is 12.4 Å². The maximum absolute atomic E-state index is 11.9. The summed E-state index contributed by atoms with van der Waals surface area (Å²) in [5.41, 5.74) is 1.74. The predicted molar refractivity (Wildman–Crippen MR) is 69.3 cm³/mol. The Morgan fingerprint density at radius 1 is 1.28 bits per heavy atom. The number of methoxy groups -OCH3 is 2. The van der Waals surface area contributed by atoms with Crippen LogP contribution in [0.5, 0.6) is 0 Å². The molecule has 0 bridgehead atoms. The third-order valence-corrected chi connectivity index (χ3v) is 4.17. The number of ether oxygens (including phenoxy) is 2. The molecule has 1 aliphatic rings. The number of allylic oxidation sites excluding steroid dienone is 1. The molecule has 1 aromatic rings. The van der Waals surface area contributed by atoms with Crippen molar-refractivity contribution in [2.45, 2.75) is 12.0 Å². The maximum atomic E-state index is 11.9. The molecule has 0 aromatic carbocycles. The maximum Gasteiger partial charge on any atom is 0.305 e. The van der Waals surface area contributed by atoms with Gasteiger partial charge in [-0.15, -0.1) is 0 Å². The summed E-state index contributed by atoms with van der Waals surface area (Å²) in [7, 11) is 2.89. The Labute approximate surface area is 110 Å². The lowest BCUT2D eigenvalue weighted by molar-refractivity contribution is -0.170. The first-order valence-corrected chi connectivity index (χ1v) is 6.16. The van der Waals surface area contributed by atoms with Crippen molar-refractivity contribution in [2.24, 2.45) is 0 Å². The smallest absolute Gasteiger partial charge is 0.305 e. The lowest BCUT2D eigenvalue weighted by Crippen LogP contribution is -2.49. The van der Waals surface area contributed by atoms with E-state index >= 15 is 0 Å². The Morgan fingerprint density at radius 2 is 1.89 bits per heavy atom. The van der Waals surface area contributed by atoms with Crippen LogP contribution in [-0.4, -0.2) is 30.2 Å². The van der Waals surface area contributed by atoms with Crippen LogP contribution in [0.15, 0.2) is 30.2 Å². The molecule has 0 saturated carbocycles. The van der Waals surface area contributed by atoms with E-state index in [-0.39, 0.29) is 5.91 Å². The Morgan fingerprint density at radius 3 is 2.44 bits per heavy atom. The average Bonchev–Trinajstić information content (AvgIpc) is 2.41. The number of aromatic nitrogens is 1. The summed E-state index contributed by atoms with van der Waals surface area (Å²) in [5.74, 6) is -0.312. The van der Waals surface area contributed by atoms with Gasteiger partial charge in [-0.1, -0.05) is 0 Å². The summed E-state index contributed by atoms with van der Waals surface area (Å²) in [5, 5.41) is 1.43. The number of rotatable bonds is 3. The molecule has 18 heavy (non-hydrogen) atoms. The standard InChI is InChI=1S/C12H14N2O3S/c1-8-10(9-4-6-13-7-5-9)18-12(16-2,17-3)11(15)14-8/h4-7H,1-3H3,(H,14,15). The number of nitrogens with zero attached hydrogens (tertiary/aromatic N) is 1. The zero-order valence-electron chi connectivity index (χ0n) is 10.4. The predicted octanol–water partition coefficient (Wildman–Crippen LogP) is 1.58. The van der Waals surface area contributed by atoms with E-state index < -0.39 is 5.12 Å². The molecule has 96 valence electrons. The molecule has 1 aromatic heterocycles. The van der Waals surface area contributed by atoms with Crippen LogP contribution < -0.4 is 5.32 Å². The van der Waals surface area contributed by atoms with Gasteiger partial charge in [0.05, 0.1) is 0 Å². The van der Waals surface area contributed by atoms with Gasteiger partial charge < -0.3 is 14.8 Å². The van der Waals surface area contributed by atoms with Crippen molar-refractivity contribution < 1.29 is 14.3 Å². The first kappa shape index (κ1) is 13.1. The highest BCUT2D eigenvalue weighted by molar-refractivity contribution is 8.10. The second-order valence-electron chi connectivity index (χ2n) is 3.71. The van der Waals surface area contributed by atoms with Gasteiger partial charge >= 0.3 is 5.12 Å². The molecular formula is C12H14N2O3S. The number of nitrogens with one attached hydrogen (secondary N) is 1. The van der Waals surface area contributed by atoms with E-state index in [0.29, 0.717) is 0 Å². The van der Waals surface area contributed by atoms with Gasteiger partial charge in [-0.3, -0.25) is 9.78 Å². The van der Waals surface area contributed by atoms with Crippen LogP contribution in [0, 0.1) is 0 Å². The van der Waals surface area contributed by atoms with Gasteiger partial charge in [0.2, 0.25) is 0 Å². The number of carbonyl (C=O) groups excluding carboxylic acids is 1. The highest BCUT2D eigenvalue weighted by atomic mass is 32.2. The average molecular weight is 266 g/mol. The first-order valence-electron chi connectivity index (χ1n) is 5.35. The molecule has 6 heteroatoms. The summed E-state index contributed by atoms with van der Waals surface area (Å²) in [6.07, 6.45) is 3.40. The number of hydrogen-bond donors (Lipinski definition) is 1. The lowest BCUT2D eigenvalue weighted by Gasteiger charge is -2.33. The number of thioether (sulfide) groups is 1. The van der Waals surface area contributed by atoms with Crippen LogP contribution in [0.25, 0.3) is 4.91 Å². The Balaban J connectivity index is 2.42. The van der Waals surface area contributed by atoms with E-state index in [9.17, 15) is 4.79 Å². The molecule has 0 unspecified atom stereocenters. The Kier molecular flexibility index (Phi) is 3.70. The SMILES string of the molecule is COC1(OC)SC(c2ccncc2)=C(C)NC1=O. The van der Waals surface area contributed by atoms with Crippen molar-refractivity contribution in [1.29, 1.82) is 0 Å². The van der Waals surface area contributed by atoms with E-state index in [2.05, 4.69) is 10.3 Å². The fourth-order valence-corrected chi connectivity index (χ4v) is 2.73. The van der Waals surface area contributed by atoms with Crippen LogP contribution in [0.4, 0.5) is 0 Å². The number of carbonyl (C=O) groups is 1. The normalized spacial score (nSPS) is 18.7. The van der Waals surface area contributed by atoms with E-state index in [1.165, 1.54) is 26.0 Å². The van der Waals surface area contributed by atoms with Gasteiger partial charge in [-0.25, -0.2) is 0 Å². The Bertz CT molecular complexity index is 483. The van der Waals surface area contributed by atoms with Gasteiger partial charge in [-0.05, 0) is 36.4 Å². The van der Waals surface area contributed by atoms with Crippen LogP contribution in [0.2, 0.25) is 0 Å². The molecule has 1 N–H and O–H groups in total. The van der Waals surface area contributed by atoms with Gasteiger partial charge in [-0.2, -0.15) is 0 Å².